The molecule has 6 nitrogen and oxygen atoms in total. The van der Waals surface area contributed by atoms with Crippen LogP contribution >= 0.6 is 0 Å². The molecule has 0 N–H and O–H groups in total. The summed E-state index contributed by atoms with van der Waals surface area (Å²) in [6.07, 6.45) is 0.490. The number of aromatic nitrogens is 2. The second kappa shape index (κ2) is 8.17. The van der Waals surface area contributed by atoms with Gasteiger partial charge in [0.2, 0.25) is 0 Å². The molecule has 1 fully saturated rings. The maximum absolute atomic E-state index is 12.9. The third-order valence-corrected chi connectivity index (χ3v) is 5.26. The molecule has 1 aromatic carbocycles. The second-order valence-electron chi connectivity index (χ2n) is 7.34. The summed E-state index contributed by atoms with van der Waals surface area (Å²) in [4.78, 5) is 19.6. The SMILES string of the molecule is CCc1onc(C)c1-c1cccc([C@H]2CN(C(=O)c3ccc(C)cc3)CCO2)n1. The minimum absolute atomic E-state index is 0.0256. The van der Waals surface area contributed by atoms with E-state index in [9.17, 15) is 4.79 Å². The Morgan fingerprint density at radius 3 is 2.72 bits per heavy atom. The van der Waals surface area contributed by atoms with Gasteiger partial charge in [0.1, 0.15) is 11.9 Å². The Morgan fingerprint density at radius 1 is 1.17 bits per heavy atom. The second-order valence-corrected chi connectivity index (χ2v) is 7.34. The van der Waals surface area contributed by atoms with Crippen LogP contribution in [0.25, 0.3) is 11.3 Å². The van der Waals surface area contributed by atoms with Gasteiger partial charge in [-0.3, -0.25) is 4.79 Å². The number of ether oxygens (including phenoxy) is 1. The van der Waals surface area contributed by atoms with Crippen molar-refractivity contribution in [2.45, 2.75) is 33.3 Å². The van der Waals surface area contributed by atoms with Crippen LogP contribution in [0, 0.1) is 13.8 Å². The Balaban J connectivity index is 1.56. The molecule has 1 aliphatic heterocycles. The van der Waals surface area contributed by atoms with Gasteiger partial charge in [0.15, 0.2) is 0 Å². The lowest BCUT2D eigenvalue weighted by atomic mass is 10.1. The molecule has 0 radical (unpaired) electrons. The van der Waals surface area contributed by atoms with Crippen LogP contribution in [0.4, 0.5) is 0 Å². The molecular weight excluding hydrogens is 366 g/mol. The number of benzene rings is 1. The van der Waals surface area contributed by atoms with Crippen molar-refractivity contribution in [2.24, 2.45) is 0 Å². The first-order chi connectivity index (χ1) is 14.1. The molecule has 2 aromatic heterocycles. The number of nitrogens with zero attached hydrogens (tertiary/aromatic N) is 3. The van der Waals surface area contributed by atoms with Crippen molar-refractivity contribution in [3.8, 4) is 11.3 Å². The minimum Gasteiger partial charge on any atom is -0.368 e. The van der Waals surface area contributed by atoms with E-state index in [2.05, 4.69) is 5.16 Å². The van der Waals surface area contributed by atoms with E-state index >= 15 is 0 Å². The van der Waals surface area contributed by atoms with Crippen LogP contribution in [0.2, 0.25) is 0 Å². The van der Waals surface area contributed by atoms with Crippen molar-refractivity contribution >= 4 is 5.91 Å². The fraction of sp³-hybridized carbons (Fsp3) is 0.348. The summed E-state index contributed by atoms with van der Waals surface area (Å²) in [5.41, 5.74) is 5.24. The van der Waals surface area contributed by atoms with Crippen LogP contribution < -0.4 is 0 Å². The molecule has 0 bridgehead atoms. The summed E-state index contributed by atoms with van der Waals surface area (Å²) in [5.74, 6) is 0.852. The van der Waals surface area contributed by atoms with E-state index in [0.29, 0.717) is 25.3 Å². The first-order valence-electron chi connectivity index (χ1n) is 9.97. The highest BCUT2D eigenvalue weighted by Crippen LogP contribution is 2.29. The highest BCUT2D eigenvalue weighted by atomic mass is 16.5. The number of amides is 1. The molecule has 3 aromatic rings. The van der Waals surface area contributed by atoms with Crippen LogP contribution in [-0.4, -0.2) is 40.6 Å². The molecule has 4 rings (SSSR count). The summed E-state index contributed by atoms with van der Waals surface area (Å²) in [7, 11) is 0. The summed E-state index contributed by atoms with van der Waals surface area (Å²) in [6, 6.07) is 13.5. The van der Waals surface area contributed by atoms with Crippen molar-refractivity contribution in [1.29, 1.82) is 0 Å². The smallest absolute Gasteiger partial charge is 0.254 e. The fourth-order valence-electron chi connectivity index (χ4n) is 3.65. The van der Waals surface area contributed by atoms with Crippen molar-refractivity contribution < 1.29 is 14.1 Å². The zero-order valence-electron chi connectivity index (χ0n) is 17.0. The number of hydrogen-bond acceptors (Lipinski definition) is 5. The highest BCUT2D eigenvalue weighted by Gasteiger charge is 2.27. The van der Waals surface area contributed by atoms with E-state index < -0.39 is 0 Å². The van der Waals surface area contributed by atoms with E-state index in [1.807, 2.05) is 68.1 Å². The zero-order valence-corrected chi connectivity index (χ0v) is 17.0. The number of morpholine rings is 1. The monoisotopic (exact) mass is 391 g/mol. The van der Waals surface area contributed by atoms with Gasteiger partial charge in [-0.15, -0.1) is 0 Å². The first-order valence-corrected chi connectivity index (χ1v) is 9.97. The van der Waals surface area contributed by atoms with Crippen molar-refractivity contribution in [1.82, 2.24) is 15.0 Å². The van der Waals surface area contributed by atoms with Gasteiger partial charge >= 0.3 is 0 Å². The van der Waals surface area contributed by atoms with Gasteiger partial charge in [0.25, 0.3) is 5.91 Å². The zero-order chi connectivity index (χ0) is 20.4. The lowest BCUT2D eigenvalue weighted by Gasteiger charge is -2.33. The number of carbonyl (C=O) groups is 1. The van der Waals surface area contributed by atoms with Crippen LogP contribution in [0.1, 0.15) is 46.1 Å². The Labute approximate surface area is 170 Å². The van der Waals surface area contributed by atoms with Gasteiger partial charge in [-0.25, -0.2) is 4.98 Å². The van der Waals surface area contributed by atoms with E-state index in [1.165, 1.54) is 0 Å². The van der Waals surface area contributed by atoms with Gasteiger partial charge in [-0.1, -0.05) is 35.8 Å². The number of rotatable bonds is 4. The molecule has 1 saturated heterocycles. The molecule has 1 atom stereocenters. The third-order valence-electron chi connectivity index (χ3n) is 5.26. The molecule has 0 aliphatic carbocycles. The van der Waals surface area contributed by atoms with Crippen LogP contribution in [-0.2, 0) is 11.2 Å². The van der Waals surface area contributed by atoms with Crippen LogP contribution in [0.15, 0.2) is 47.0 Å². The fourth-order valence-corrected chi connectivity index (χ4v) is 3.65. The maximum Gasteiger partial charge on any atom is 0.254 e. The number of aryl methyl sites for hydroxylation is 3. The van der Waals surface area contributed by atoms with Gasteiger partial charge in [-0.05, 0) is 38.1 Å². The largest absolute Gasteiger partial charge is 0.368 e. The Kier molecular flexibility index (Phi) is 5.45. The Hall–Kier alpha value is -2.99. The van der Waals surface area contributed by atoms with Crippen LogP contribution in [0.5, 0.6) is 0 Å². The number of pyridine rings is 1. The minimum atomic E-state index is -0.261. The van der Waals surface area contributed by atoms with Gasteiger partial charge < -0.3 is 14.2 Å². The summed E-state index contributed by atoms with van der Waals surface area (Å²) in [6.45, 7) is 7.51. The lowest BCUT2D eigenvalue weighted by molar-refractivity contribution is -0.0246. The van der Waals surface area contributed by atoms with E-state index in [-0.39, 0.29) is 12.0 Å². The van der Waals surface area contributed by atoms with E-state index in [1.54, 1.807) is 0 Å². The molecule has 150 valence electrons. The maximum atomic E-state index is 12.9. The first kappa shape index (κ1) is 19.3. The molecular formula is C23H25N3O3. The predicted octanol–water partition coefficient (Wildman–Crippen LogP) is 4.13. The van der Waals surface area contributed by atoms with Gasteiger partial charge in [-0.2, -0.15) is 0 Å². The van der Waals surface area contributed by atoms with Gasteiger partial charge in [0.05, 0.1) is 35.8 Å². The van der Waals surface area contributed by atoms with Crippen molar-refractivity contribution in [2.75, 3.05) is 19.7 Å². The topological polar surface area (TPSA) is 68.5 Å². The quantitative estimate of drug-likeness (QED) is 0.669. The summed E-state index contributed by atoms with van der Waals surface area (Å²) < 4.78 is 11.4. The van der Waals surface area contributed by atoms with E-state index in [0.717, 1.165) is 40.4 Å². The lowest BCUT2D eigenvalue weighted by Crippen LogP contribution is -2.42. The molecule has 0 saturated carbocycles. The standard InChI is InChI=1S/C23H25N3O3/c1-4-20-22(16(3)25-29-20)19-7-5-6-18(24-19)21-14-26(12-13-28-21)23(27)17-10-8-15(2)9-11-17/h5-11,21H,4,12-14H2,1-3H3/t21-/m1/s1. The Morgan fingerprint density at radius 2 is 1.97 bits per heavy atom. The van der Waals surface area contributed by atoms with Crippen LogP contribution in [0.3, 0.4) is 0 Å². The van der Waals surface area contributed by atoms with Gasteiger partial charge in [0, 0.05) is 18.5 Å². The number of hydrogen-bond donors (Lipinski definition) is 0. The van der Waals surface area contributed by atoms with Crippen molar-refractivity contribution in [3.05, 3.63) is 70.7 Å². The predicted molar refractivity (Wildman–Crippen MR) is 110 cm³/mol. The summed E-state index contributed by atoms with van der Waals surface area (Å²) in [5, 5.41) is 4.08. The molecule has 6 heteroatoms. The molecule has 3 heterocycles. The normalized spacial score (nSPS) is 16.8. The third kappa shape index (κ3) is 3.93. The van der Waals surface area contributed by atoms with E-state index in [4.69, 9.17) is 14.2 Å². The molecule has 1 amide bonds. The molecule has 0 spiro atoms. The average molecular weight is 391 g/mol. The molecule has 1 aliphatic rings. The Bertz CT molecular complexity index is 1010. The summed E-state index contributed by atoms with van der Waals surface area (Å²) >= 11 is 0. The van der Waals surface area contributed by atoms with Crippen molar-refractivity contribution in [3.63, 3.8) is 0 Å². The average Bonchev–Trinajstić information content (AvgIpc) is 3.14. The molecule has 29 heavy (non-hydrogen) atoms. The molecule has 0 unspecified atom stereocenters. The number of carbonyl (C=O) groups excluding carboxylic acids is 1. The highest BCUT2D eigenvalue weighted by molar-refractivity contribution is 5.94.